The number of aryl methyl sites for hydroxylation is 2. The Hall–Kier alpha value is -2.64. The lowest BCUT2D eigenvalue weighted by molar-refractivity contribution is -0.138. The van der Waals surface area contributed by atoms with Crippen LogP contribution in [-0.2, 0) is 22.6 Å². The molecule has 8 nitrogen and oxygen atoms in total. The predicted molar refractivity (Wildman–Crippen MR) is 94.8 cm³/mol. The van der Waals surface area contributed by atoms with Crippen LogP contribution in [0.15, 0.2) is 12.3 Å². The third-order valence-corrected chi connectivity index (χ3v) is 5.08. The van der Waals surface area contributed by atoms with Crippen LogP contribution in [0.2, 0.25) is 0 Å². The molecule has 0 bridgehead atoms. The topological polar surface area (TPSA) is 104 Å². The van der Waals surface area contributed by atoms with Crippen LogP contribution in [-0.4, -0.2) is 55.0 Å². The fraction of sp³-hybridized carbons (Fsp3) is 0.556. The number of carbonyl (C=O) groups is 2. The molecule has 0 aliphatic carbocycles. The van der Waals surface area contributed by atoms with Crippen molar-refractivity contribution in [2.45, 2.75) is 52.0 Å². The first-order valence-electron chi connectivity index (χ1n) is 8.97. The number of hydrogen-bond acceptors (Lipinski definition) is 4. The molecule has 3 rings (SSSR count). The van der Waals surface area contributed by atoms with Gasteiger partial charge in [0.25, 0.3) is 0 Å². The van der Waals surface area contributed by atoms with Crippen LogP contribution in [0.5, 0.6) is 0 Å². The molecule has 1 aliphatic heterocycles. The minimum atomic E-state index is -0.913. The number of rotatable bonds is 6. The summed E-state index contributed by atoms with van der Waals surface area (Å²) in [6, 6.07) is 1.86. The molecular weight excluding hydrogens is 334 g/mol. The van der Waals surface area contributed by atoms with Gasteiger partial charge in [-0.15, -0.1) is 0 Å². The molecule has 140 valence electrons. The van der Waals surface area contributed by atoms with Gasteiger partial charge in [0.05, 0.1) is 11.4 Å². The molecule has 1 amide bonds. The van der Waals surface area contributed by atoms with Crippen LogP contribution in [0.4, 0.5) is 0 Å². The summed E-state index contributed by atoms with van der Waals surface area (Å²) in [6.07, 6.45) is 4.68. The lowest BCUT2D eigenvalue weighted by Crippen LogP contribution is -2.39. The van der Waals surface area contributed by atoms with Crippen molar-refractivity contribution in [3.05, 3.63) is 34.9 Å². The summed E-state index contributed by atoms with van der Waals surface area (Å²) in [5.41, 5.74) is 3.99. The van der Waals surface area contributed by atoms with Crippen molar-refractivity contribution in [2.24, 2.45) is 0 Å². The van der Waals surface area contributed by atoms with Gasteiger partial charge in [-0.25, -0.2) is 0 Å². The summed E-state index contributed by atoms with van der Waals surface area (Å²) in [4.78, 5) is 25.3. The Labute approximate surface area is 152 Å². The quantitative estimate of drug-likeness (QED) is 0.816. The third kappa shape index (κ3) is 4.12. The zero-order chi connectivity index (χ0) is 18.7. The Bertz CT molecular complexity index is 795. The van der Waals surface area contributed by atoms with E-state index in [0.29, 0.717) is 19.4 Å². The van der Waals surface area contributed by atoms with Crippen LogP contribution in [0.1, 0.15) is 47.8 Å². The number of carboxylic acids is 1. The molecule has 26 heavy (non-hydrogen) atoms. The lowest BCUT2D eigenvalue weighted by Gasteiger charge is -2.32. The average Bonchev–Trinajstić information content (AvgIpc) is 3.20. The summed E-state index contributed by atoms with van der Waals surface area (Å²) in [5.74, 6) is -0.610. The van der Waals surface area contributed by atoms with Gasteiger partial charge in [-0.05, 0) is 38.3 Å². The van der Waals surface area contributed by atoms with Gasteiger partial charge in [0.1, 0.15) is 6.54 Å². The summed E-state index contributed by atoms with van der Waals surface area (Å²) >= 11 is 0. The molecule has 2 aromatic heterocycles. The van der Waals surface area contributed by atoms with E-state index in [9.17, 15) is 9.59 Å². The molecule has 8 heteroatoms. The number of carboxylic acid groups (broad SMARTS) is 1. The van der Waals surface area contributed by atoms with Crippen molar-refractivity contribution in [3.8, 4) is 0 Å². The van der Waals surface area contributed by atoms with Crippen LogP contribution >= 0.6 is 0 Å². The van der Waals surface area contributed by atoms with Crippen molar-refractivity contribution in [1.82, 2.24) is 24.9 Å². The molecule has 1 saturated heterocycles. The number of nitrogens with one attached hydrogen (secondary N) is 1. The van der Waals surface area contributed by atoms with Crippen molar-refractivity contribution in [2.75, 3.05) is 13.1 Å². The van der Waals surface area contributed by atoms with E-state index in [-0.39, 0.29) is 18.4 Å². The minimum absolute atomic E-state index is 0.139. The van der Waals surface area contributed by atoms with Gasteiger partial charge in [0.2, 0.25) is 5.91 Å². The molecule has 1 fully saturated rings. The zero-order valence-electron chi connectivity index (χ0n) is 15.2. The van der Waals surface area contributed by atoms with Gasteiger partial charge < -0.3 is 10.0 Å². The normalized spacial score (nSPS) is 17.5. The zero-order valence-corrected chi connectivity index (χ0v) is 15.2. The number of carbonyl (C=O) groups excluding carboxylic acids is 1. The van der Waals surface area contributed by atoms with Gasteiger partial charge in [-0.3, -0.25) is 19.4 Å². The first kappa shape index (κ1) is 18.2. The van der Waals surface area contributed by atoms with E-state index >= 15 is 0 Å². The maximum absolute atomic E-state index is 12.6. The molecule has 1 aliphatic rings. The number of aliphatic carboxylic acids is 1. The highest BCUT2D eigenvalue weighted by molar-refractivity contribution is 5.76. The third-order valence-electron chi connectivity index (χ3n) is 5.08. The SMILES string of the molecule is Cc1[nH]nc(CCC(=O)N2CCC[C@H](c3ccn(CC(=O)O)n3)C2)c1C. The van der Waals surface area contributed by atoms with Crippen molar-refractivity contribution >= 4 is 11.9 Å². The van der Waals surface area contributed by atoms with Gasteiger partial charge in [0.15, 0.2) is 0 Å². The van der Waals surface area contributed by atoms with Gasteiger partial charge in [0, 0.05) is 43.7 Å². The second kappa shape index (κ2) is 7.72. The first-order valence-corrected chi connectivity index (χ1v) is 8.97. The number of amides is 1. The van der Waals surface area contributed by atoms with E-state index in [1.54, 1.807) is 6.20 Å². The second-order valence-corrected chi connectivity index (χ2v) is 6.93. The van der Waals surface area contributed by atoms with E-state index < -0.39 is 5.97 Å². The highest BCUT2D eigenvalue weighted by Crippen LogP contribution is 2.26. The number of nitrogens with zero attached hydrogens (tertiary/aromatic N) is 4. The molecule has 1 atom stereocenters. The first-order chi connectivity index (χ1) is 12.4. The molecule has 3 heterocycles. The van der Waals surface area contributed by atoms with Gasteiger partial charge in [-0.2, -0.15) is 10.2 Å². The Morgan fingerprint density at radius 3 is 2.88 bits per heavy atom. The molecule has 0 unspecified atom stereocenters. The molecule has 2 N–H and O–H groups in total. The molecule has 0 radical (unpaired) electrons. The van der Waals surface area contributed by atoms with Crippen molar-refractivity contribution in [3.63, 3.8) is 0 Å². The highest BCUT2D eigenvalue weighted by atomic mass is 16.4. The Morgan fingerprint density at radius 1 is 1.38 bits per heavy atom. The largest absolute Gasteiger partial charge is 0.480 e. The number of piperidine rings is 1. The van der Waals surface area contributed by atoms with Crippen molar-refractivity contribution < 1.29 is 14.7 Å². The van der Waals surface area contributed by atoms with Crippen LogP contribution in [0.3, 0.4) is 0 Å². The number of H-pyrrole nitrogens is 1. The highest BCUT2D eigenvalue weighted by Gasteiger charge is 2.26. The Morgan fingerprint density at radius 2 is 2.19 bits per heavy atom. The number of aromatic amines is 1. The van der Waals surface area contributed by atoms with Gasteiger partial charge >= 0.3 is 5.97 Å². The molecule has 0 spiro atoms. The van der Waals surface area contributed by atoms with E-state index in [4.69, 9.17) is 5.11 Å². The summed E-state index contributed by atoms with van der Waals surface area (Å²) < 4.78 is 1.43. The van der Waals surface area contributed by atoms with E-state index in [2.05, 4.69) is 15.3 Å². The van der Waals surface area contributed by atoms with E-state index in [0.717, 1.165) is 42.0 Å². The number of likely N-dealkylation sites (tertiary alicyclic amines) is 1. The molecule has 0 saturated carbocycles. The maximum atomic E-state index is 12.6. The fourth-order valence-corrected chi connectivity index (χ4v) is 3.43. The lowest BCUT2D eigenvalue weighted by atomic mass is 9.94. The minimum Gasteiger partial charge on any atom is -0.480 e. The van der Waals surface area contributed by atoms with E-state index in [1.165, 1.54) is 4.68 Å². The monoisotopic (exact) mass is 359 g/mol. The smallest absolute Gasteiger partial charge is 0.325 e. The Balaban J connectivity index is 1.57. The molecule has 2 aromatic rings. The van der Waals surface area contributed by atoms with E-state index in [1.807, 2.05) is 24.8 Å². The summed E-state index contributed by atoms with van der Waals surface area (Å²) in [6.45, 7) is 5.26. The summed E-state index contributed by atoms with van der Waals surface area (Å²) in [5, 5.41) is 20.4. The van der Waals surface area contributed by atoms with Crippen molar-refractivity contribution in [1.29, 1.82) is 0 Å². The Kier molecular flexibility index (Phi) is 5.39. The number of hydrogen-bond donors (Lipinski definition) is 2. The standard InChI is InChI=1S/C18H25N5O3/c1-12-13(2)19-20-15(12)5-6-17(24)22-8-3-4-14(10-22)16-7-9-23(21-16)11-18(25)26/h7,9,14H,3-6,8,10-11H2,1-2H3,(H,19,20)(H,25,26)/t14-/m0/s1. The van der Waals surface area contributed by atoms with Crippen LogP contribution in [0.25, 0.3) is 0 Å². The van der Waals surface area contributed by atoms with Gasteiger partial charge in [-0.1, -0.05) is 0 Å². The second-order valence-electron chi connectivity index (χ2n) is 6.93. The maximum Gasteiger partial charge on any atom is 0.325 e. The molecular formula is C18H25N5O3. The predicted octanol–water partition coefficient (Wildman–Crippen LogP) is 1.65. The molecule has 0 aromatic carbocycles. The van der Waals surface area contributed by atoms with Crippen LogP contribution < -0.4 is 0 Å². The van der Waals surface area contributed by atoms with Crippen LogP contribution in [0, 0.1) is 13.8 Å². The fourth-order valence-electron chi connectivity index (χ4n) is 3.43. The summed E-state index contributed by atoms with van der Waals surface area (Å²) in [7, 11) is 0. The average molecular weight is 359 g/mol. The number of aromatic nitrogens is 4.